The third-order valence-electron chi connectivity index (χ3n) is 4.57. The second-order valence-electron chi connectivity index (χ2n) is 6.85. The van der Waals surface area contributed by atoms with Gasteiger partial charge in [0.15, 0.2) is 5.16 Å². The van der Waals surface area contributed by atoms with Crippen LogP contribution in [0.2, 0.25) is 0 Å². The van der Waals surface area contributed by atoms with Gasteiger partial charge in [0, 0.05) is 22.2 Å². The zero-order valence-corrected chi connectivity index (χ0v) is 16.0. The molecule has 1 aromatic carbocycles. The molecule has 0 spiro atoms. The lowest BCUT2D eigenvalue weighted by Crippen LogP contribution is -2.35. The monoisotopic (exact) mass is 343 g/mol. The Labute approximate surface area is 148 Å². The van der Waals surface area contributed by atoms with Gasteiger partial charge in [-0.3, -0.25) is 4.79 Å². The molecule has 5 heteroatoms. The number of aromatic nitrogens is 2. The second kappa shape index (κ2) is 7.34. The van der Waals surface area contributed by atoms with Crippen LogP contribution in [-0.4, -0.2) is 15.9 Å². The highest BCUT2D eigenvalue weighted by Crippen LogP contribution is 2.34. The van der Waals surface area contributed by atoms with Crippen molar-refractivity contribution in [1.82, 2.24) is 9.97 Å². The third-order valence-corrected chi connectivity index (χ3v) is 5.52. The fourth-order valence-electron chi connectivity index (χ4n) is 1.86. The molecule has 1 heterocycles. The number of rotatable bonds is 5. The summed E-state index contributed by atoms with van der Waals surface area (Å²) in [6.07, 6.45) is 1.83. The summed E-state index contributed by atoms with van der Waals surface area (Å²) in [6.45, 7) is 12.0. The van der Waals surface area contributed by atoms with E-state index in [1.807, 2.05) is 58.2 Å². The molecule has 24 heavy (non-hydrogen) atoms. The van der Waals surface area contributed by atoms with Gasteiger partial charge in [0.2, 0.25) is 5.91 Å². The van der Waals surface area contributed by atoms with E-state index in [0.29, 0.717) is 5.16 Å². The van der Waals surface area contributed by atoms with Crippen molar-refractivity contribution in [3.05, 3.63) is 41.7 Å². The minimum atomic E-state index is -0.436. The molecule has 0 aliphatic heterocycles. The summed E-state index contributed by atoms with van der Waals surface area (Å²) in [6, 6.07) is 7.76. The molecule has 0 unspecified atom stereocenters. The summed E-state index contributed by atoms with van der Waals surface area (Å²) in [4.78, 5) is 22.4. The minimum absolute atomic E-state index is 0.0200. The Kier molecular flexibility index (Phi) is 5.65. The van der Waals surface area contributed by atoms with Crippen molar-refractivity contribution in [3.63, 3.8) is 0 Å². The van der Waals surface area contributed by atoms with Crippen molar-refractivity contribution in [2.45, 2.75) is 51.6 Å². The van der Waals surface area contributed by atoms with Crippen molar-refractivity contribution in [2.75, 3.05) is 5.32 Å². The molecule has 2 aromatic rings. The fraction of sp³-hybridized carbons (Fsp3) is 0.421. The lowest BCUT2D eigenvalue weighted by Gasteiger charge is -2.28. The first kappa shape index (κ1) is 18.5. The zero-order valence-electron chi connectivity index (χ0n) is 15.2. The molecule has 0 saturated heterocycles. The number of carbonyl (C=O) groups is 1. The Morgan fingerprint density at radius 2 is 1.88 bits per heavy atom. The van der Waals surface area contributed by atoms with Crippen molar-refractivity contribution in [1.29, 1.82) is 0 Å². The summed E-state index contributed by atoms with van der Waals surface area (Å²) in [5, 5.41) is 3.75. The Morgan fingerprint density at radius 1 is 1.21 bits per heavy atom. The molecule has 128 valence electrons. The SMILES string of the molecule is Cc1cnc(Sc2ccccc2NC(=O)C(C)(C)C(C)C)nc1C. The number of nitrogens with zero attached hydrogens (tertiary/aromatic N) is 2. The average molecular weight is 343 g/mol. The van der Waals surface area contributed by atoms with E-state index in [9.17, 15) is 4.79 Å². The number of para-hydroxylation sites is 1. The van der Waals surface area contributed by atoms with Crippen LogP contribution >= 0.6 is 11.8 Å². The predicted molar refractivity (Wildman–Crippen MR) is 99.3 cm³/mol. The van der Waals surface area contributed by atoms with Crippen molar-refractivity contribution >= 4 is 23.4 Å². The van der Waals surface area contributed by atoms with Crippen LogP contribution in [0.3, 0.4) is 0 Å². The molecule has 0 aliphatic rings. The van der Waals surface area contributed by atoms with Gasteiger partial charge in [-0.1, -0.05) is 39.8 Å². The highest BCUT2D eigenvalue weighted by Gasteiger charge is 2.31. The topological polar surface area (TPSA) is 54.9 Å². The zero-order chi connectivity index (χ0) is 17.9. The van der Waals surface area contributed by atoms with Crippen LogP contribution in [0.15, 0.2) is 40.5 Å². The molecule has 1 N–H and O–H groups in total. The normalized spacial score (nSPS) is 11.6. The van der Waals surface area contributed by atoms with Crippen LogP contribution < -0.4 is 5.32 Å². The van der Waals surface area contributed by atoms with E-state index in [2.05, 4.69) is 29.1 Å². The summed E-state index contributed by atoms with van der Waals surface area (Å²) < 4.78 is 0. The van der Waals surface area contributed by atoms with E-state index in [1.165, 1.54) is 11.8 Å². The molecule has 1 aromatic heterocycles. The number of carbonyl (C=O) groups excluding carboxylic acids is 1. The average Bonchev–Trinajstić information content (AvgIpc) is 2.52. The molecule has 0 aliphatic carbocycles. The summed E-state index contributed by atoms with van der Waals surface area (Å²) >= 11 is 1.46. The van der Waals surface area contributed by atoms with E-state index in [4.69, 9.17) is 0 Å². The van der Waals surface area contributed by atoms with Gasteiger partial charge >= 0.3 is 0 Å². The Bertz CT molecular complexity index is 741. The molecule has 2 rings (SSSR count). The lowest BCUT2D eigenvalue weighted by molar-refractivity contribution is -0.126. The van der Waals surface area contributed by atoms with Crippen LogP contribution in [0, 0.1) is 25.2 Å². The second-order valence-corrected chi connectivity index (χ2v) is 7.86. The first-order valence-electron chi connectivity index (χ1n) is 8.10. The van der Waals surface area contributed by atoms with E-state index >= 15 is 0 Å². The molecule has 0 fully saturated rings. The number of aryl methyl sites for hydroxylation is 2. The first-order valence-corrected chi connectivity index (χ1v) is 8.92. The number of nitrogens with one attached hydrogen (secondary N) is 1. The van der Waals surface area contributed by atoms with E-state index < -0.39 is 5.41 Å². The number of benzene rings is 1. The maximum absolute atomic E-state index is 12.6. The summed E-state index contributed by atoms with van der Waals surface area (Å²) in [5.41, 5.74) is 2.40. The lowest BCUT2D eigenvalue weighted by atomic mass is 9.80. The summed E-state index contributed by atoms with van der Waals surface area (Å²) in [5.74, 6) is 0.270. The molecule has 1 amide bonds. The molecular formula is C19H25N3OS. The van der Waals surface area contributed by atoms with Crippen LogP contribution in [0.1, 0.15) is 39.0 Å². The van der Waals surface area contributed by atoms with Crippen molar-refractivity contribution in [2.24, 2.45) is 11.3 Å². The van der Waals surface area contributed by atoms with Crippen LogP contribution in [-0.2, 0) is 4.79 Å². The number of hydrogen-bond acceptors (Lipinski definition) is 4. The van der Waals surface area contributed by atoms with Gasteiger partial charge in [0.25, 0.3) is 0 Å². The van der Waals surface area contributed by atoms with Gasteiger partial charge in [-0.05, 0) is 49.2 Å². The van der Waals surface area contributed by atoms with Gasteiger partial charge in [0.05, 0.1) is 5.69 Å². The van der Waals surface area contributed by atoms with Gasteiger partial charge in [0.1, 0.15) is 0 Å². The Hall–Kier alpha value is -1.88. The van der Waals surface area contributed by atoms with E-state index in [0.717, 1.165) is 21.8 Å². The standard InChI is InChI=1S/C19H25N3OS/c1-12(2)19(5,6)17(23)22-15-9-7-8-10-16(15)24-18-20-11-13(3)14(4)21-18/h7-12H,1-6H3,(H,22,23). The molecule has 0 radical (unpaired) electrons. The third kappa shape index (κ3) is 4.15. The van der Waals surface area contributed by atoms with Gasteiger partial charge < -0.3 is 5.32 Å². The van der Waals surface area contributed by atoms with Crippen LogP contribution in [0.4, 0.5) is 5.69 Å². The minimum Gasteiger partial charge on any atom is -0.325 e. The first-order chi connectivity index (χ1) is 11.2. The molecule has 0 bridgehead atoms. The van der Waals surface area contributed by atoms with E-state index in [1.54, 1.807) is 0 Å². The summed E-state index contributed by atoms with van der Waals surface area (Å²) in [7, 11) is 0. The number of hydrogen-bond donors (Lipinski definition) is 1. The largest absolute Gasteiger partial charge is 0.325 e. The Balaban J connectivity index is 2.24. The highest BCUT2D eigenvalue weighted by atomic mass is 32.2. The quantitative estimate of drug-likeness (QED) is 0.787. The highest BCUT2D eigenvalue weighted by molar-refractivity contribution is 7.99. The maximum atomic E-state index is 12.6. The predicted octanol–water partition coefficient (Wildman–Crippen LogP) is 4.87. The number of anilines is 1. The fourth-order valence-corrected chi connectivity index (χ4v) is 2.72. The van der Waals surface area contributed by atoms with Crippen molar-refractivity contribution in [3.8, 4) is 0 Å². The smallest absolute Gasteiger partial charge is 0.230 e. The van der Waals surface area contributed by atoms with Gasteiger partial charge in [-0.25, -0.2) is 9.97 Å². The van der Waals surface area contributed by atoms with Crippen LogP contribution in [0.25, 0.3) is 0 Å². The Morgan fingerprint density at radius 3 is 2.50 bits per heavy atom. The molecule has 0 saturated carbocycles. The van der Waals surface area contributed by atoms with Gasteiger partial charge in [-0.2, -0.15) is 0 Å². The van der Waals surface area contributed by atoms with Crippen molar-refractivity contribution < 1.29 is 4.79 Å². The molecular weight excluding hydrogens is 318 g/mol. The van der Waals surface area contributed by atoms with Gasteiger partial charge in [-0.15, -0.1) is 0 Å². The maximum Gasteiger partial charge on any atom is 0.230 e. The number of amides is 1. The van der Waals surface area contributed by atoms with Crippen LogP contribution in [0.5, 0.6) is 0 Å². The van der Waals surface area contributed by atoms with E-state index in [-0.39, 0.29) is 11.8 Å². The molecule has 0 atom stereocenters. The molecule has 4 nitrogen and oxygen atoms in total.